The van der Waals surface area contributed by atoms with Crippen LogP contribution in [0.25, 0.3) is 99.9 Å². The van der Waals surface area contributed by atoms with Gasteiger partial charge in [0.05, 0.1) is 22.4 Å². The number of fused-ring (bicyclic) bond motifs is 4. The third kappa shape index (κ3) is 5.86. The topological polar surface area (TPSA) is 51.6 Å². The van der Waals surface area contributed by atoms with Gasteiger partial charge in [-0.3, -0.25) is 9.97 Å². The predicted octanol–water partition coefficient (Wildman–Crippen LogP) is 12.7. The van der Waals surface area contributed by atoms with Gasteiger partial charge in [0.2, 0.25) is 0 Å². The molecular weight excluding hydrogens is 657 g/mol. The molecule has 4 heteroatoms. The molecule has 0 aliphatic rings. The van der Waals surface area contributed by atoms with Gasteiger partial charge in [0, 0.05) is 39.9 Å². The average Bonchev–Trinajstić information content (AvgIpc) is 3.26. The Kier molecular flexibility index (Phi) is 7.77. The zero-order valence-corrected chi connectivity index (χ0v) is 29.3. The van der Waals surface area contributed by atoms with Gasteiger partial charge in [-0.25, -0.2) is 9.97 Å². The molecule has 0 N–H and O–H groups in total. The van der Waals surface area contributed by atoms with E-state index in [1.165, 1.54) is 16.3 Å². The van der Waals surface area contributed by atoms with Crippen molar-refractivity contribution in [2.75, 3.05) is 0 Å². The highest BCUT2D eigenvalue weighted by Gasteiger charge is 2.14. The minimum Gasteiger partial charge on any atom is -0.254 e. The van der Waals surface area contributed by atoms with Crippen LogP contribution in [0.2, 0.25) is 0 Å². The molecule has 3 heterocycles. The lowest BCUT2D eigenvalue weighted by molar-refractivity contribution is 1.18. The lowest BCUT2D eigenvalue weighted by Crippen LogP contribution is -1.96. The molecule has 0 atom stereocenters. The van der Waals surface area contributed by atoms with E-state index in [4.69, 9.17) is 15.0 Å². The number of pyridine rings is 2. The smallest absolute Gasteiger partial charge is 0.160 e. The summed E-state index contributed by atoms with van der Waals surface area (Å²) in [7, 11) is 0. The van der Waals surface area contributed by atoms with E-state index in [0.717, 1.165) is 77.7 Å². The van der Waals surface area contributed by atoms with Crippen molar-refractivity contribution < 1.29 is 0 Å². The lowest BCUT2D eigenvalue weighted by Gasteiger charge is -2.12. The summed E-state index contributed by atoms with van der Waals surface area (Å²) in [4.78, 5) is 19.6. The summed E-state index contributed by atoms with van der Waals surface area (Å²) in [5.74, 6) is 0.695. The zero-order valence-electron chi connectivity index (χ0n) is 29.3. The number of nitrogens with zero attached hydrogens (tertiary/aromatic N) is 4. The van der Waals surface area contributed by atoms with E-state index >= 15 is 0 Å². The van der Waals surface area contributed by atoms with Gasteiger partial charge in [0.15, 0.2) is 5.82 Å². The molecule has 0 unspecified atom stereocenters. The second-order valence-corrected chi connectivity index (χ2v) is 13.5. The first-order chi connectivity index (χ1) is 26.7. The third-order valence-electron chi connectivity index (χ3n) is 10.2. The Morgan fingerprint density at radius 2 is 0.852 bits per heavy atom. The Labute approximate surface area is 313 Å². The molecule has 7 aromatic carbocycles. The fourth-order valence-corrected chi connectivity index (χ4v) is 7.38. The van der Waals surface area contributed by atoms with Crippen LogP contribution in [-0.4, -0.2) is 19.9 Å². The molecule has 10 aromatic rings. The van der Waals surface area contributed by atoms with Crippen molar-refractivity contribution >= 4 is 32.6 Å². The largest absolute Gasteiger partial charge is 0.254 e. The van der Waals surface area contributed by atoms with E-state index in [0.29, 0.717) is 5.82 Å². The molecule has 252 valence electrons. The van der Waals surface area contributed by atoms with Gasteiger partial charge < -0.3 is 0 Å². The van der Waals surface area contributed by atoms with Crippen LogP contribution in [0, 0.1) is 0 Å². The van der Waals surface area contributed by atoms with Crippen molar-refractivity contribution in [3.8, 4) is 67.3 Å². The average molecular weight is 689 g/mol. The summed E-state index contributed by atoms with van der Waals surface area (Å²) in [5, 5.41) is 4.63. The summed E-state index contributed by atoms with van der Waals surface area (Å²) < 4.78 is 0. The van der Waals surface area contributed by atoms with Gasteiger partial charge in [0.25, 0.3) is 0 Å². The Balaban J connectivity index is 0.992. The van der Waals surface area contributed by atoms with Crippen molar-refractivity contribution in [1.82, 2.24) is 19.9 Å². The molecule has 0 fully saturated rings. The van der Waals surface area contributed by atoms with E-state index in [-0.39, 0.29) is 0 Å². The molecule has 10 rings (SSSR count). The number of hydrogen-bond donors (Lipinski definition) is 0. The molecule has 0 saturated heterocycles. The molecule has 0 aliphatic heterocycles. The number of aromatic nitrogens is 4. The first-order valence-electron chi connectivity index (χ1n) is 18.1. The van der Waals surface area contributed by atoms with Gasteiger partial charge in [0.1, 0.15) is 0 Å². The molecule has 0 bridgehead atoms. The Bertz CT molecular complexity index is 2970. The van der Waals surface area contributed by atoms with Crippen LogP contribution in [-0.2, 0) is 0 Å². The van der Waals surface area contributed by atoms with E-state index in [1.54, 1.807) is 0 Å². The molecule has 0 aliphatic carbocycles. The zero-order chi connectivity index (χ0) is 35.8. The first-order valence-corrected chi connectivity index (χ1v) is 18.1. The Hall–Kier alpha value is -7.30. The predicted molar refractivity (Wildman–Crippen MR) is 223 cm³/mol. The molecular formula is C50H32N4. The summed E-state index contributed by atoms with van der Waals surface area (Å²) in [5.41, 5.74) is 13.5. The molecule has 0 amide bonds. The van der Waals surface area contributed by atoms with Crippen molar-refractivity contribution in [2.24, 2.45) is 0 Å². The minimum absolute atomic E-state index is 0.695. The highest BCUT2D eigenvalue weighted by Crippen LogP contribution is 2.35. The normalized spacial score (nSPS) is 11.3. The molecule has 0 saturated carbocycles. The maximum Gasteiger partial charge on any atom is 0.160 e. The fraction of sp³-hybridized carbons (Fsp3) is 0. The van der Waals surface area contributed by atoms with Gasteiger partial charge in [-0.1, -0.05) is 146 Å². The highest BCUT2D eigenvalue weighted by molar-refractivity contribution is 6.10. The maximum atomic E-state index is 5.16. The van der Waals surface area contributed by atoms with Crippen LogP contribution >= 0.6 is 0 Å². The molecule has 54 heavy (non-hydrogen) atoms. The summed E-state index contributed by atoms with van der Waals surface area (Å²) in [6.07, 6.45) is 3.66. The van der Waals surface area contributed by atoms with Gasteiger partial charge >= 0.3 is 0 Å². The number of rotatable bonds is 6. The van der Waals surface area contributed by atoms with E-state index in [1.807, 2.05) is 42.7 Å². The van der Waals surface area contributed by atoms with Gasteiger partial charge in [-0.2, -0.15) is 0 Å². The SMILES string of the molecule is c1ccc(-c2cc(-c3ccc(-c4ccc(-c5cc6cccnc6c6ncccc56)cc4)cc3)nc(-c3cccc(-c4ccc5ccccc5c4)c3)n2)cc1. The summed E-state index contributed by atoms with van der Waals surface area (Å²) in [6.45, 7) is 0. The van der Waals surface area contributed by atoms with Gasteiger partial charge in [-0.15, -0.1) is 0 Å². The molecule has 4 nitrogen and oxygen atoms in total. The second-order valence-electron chi connectivity index (χ2n) is 13.5. The van der Waals surface area contributed by atoms with E-state index < -0.39 is 0 Å². The van der Waals surface area contributed by atoms with Crippen LogP contribution < -0.4 is 0 Å². The van der Waals surface area contributed by atoms with Crippen molar-refractivity contribution in [3.63, 3.8) is 0 Å². The standard InChI is InChI=1S/C50H32N4/c1-2-10-37(11-3-1)46-32-47(54-50(53-46)43-14-6-13-40(30-43)41-26-21-33-9-4-5-12-39(33)29-41)38-24-19-35(20-25-38)34-17-22-36(23-18-34)45-31-42-15-7-27-51-48(42)49-44(45)16-8-28-52-49/h1-32H. The van der Waals surface area contributed by atoms with Crippen LogP contribution in [0.15, 0.2) is 194 Å². The van der Waals surface area contributed by atoms with Crippen molar-refractivity contribution in [3.05, 3.63) is 194 Å². The molecule has 0 radical (unpaired) electrons. The maximum absolute atomic E-state index is 5.16. The third-order valence-corrected chi connectivity index (χ3v) is 10.2. The number of hydrogen-bond acceptors (Lipinski definition) is 4. The van der Waals surface area contributed by atoms with E-state index in [9.17, 15) is 0 Å². The van der Waals surface area contributed by atoms with E-state index in [2.05, 4.69) is 157 Å². The summed E-state index contributed by atoms with van der Waals surface area (Å²) >= 11 is 0. The van der Waals surface area contributed by atoms with Crippen molar-refractivity contribution in [1.29, 1.82) is 0 Å². The first kappa shape index (κ1) is 31.4. The van der Waals surface area contributed by atoms with Crippen molar-refractivity contribution in [2.45, 2.75) is 0 Å². The monoisotopic (exact) mass is 688 g/mol. The van der Waals surface area contributed by atoms with Crippen LogP contribution in [0.3, 0.4) is 0 Å². The molecule has 3 aromatic heterocycles. The van der Waals surface area contributed by atoms with Crippen LogP contribution in [0.5, 0.6) is 0 Å². The van der Waals surface area contributed by atoms with Gasteiger partial charge in [-0.05, 0) is 80.6 Å². The fourth-order valence-electron chi connectivity index (χ4n) is 7.38. The second kappa shape index (κ2) is 13.4. The Morgan fingerprint density at radius 1 is 0.296 bits per heavy atom. The molecule has 0 spiro atoms. The van der Waals surface area contributed by atoms with Crippen LogP contribution in [0.4, 0.5) is 0 Å². The highest BCUT2D eigenvalue weighted by atomic mass is 14.9. The Morgan fingerprint density at radius 3 is 1.63 bits per heavy atom. The lowest BCUT2D eigenvalue weighted by atomic mass is 9.95. The quantitative estimate of drug-likeness (QED) is 0.163. The number of benzene rings is 7. The summed E-state index contributed by atoms with van der Waals surface area (Å²) in [6, 6.07) is 63.9. The van der Waals surface area contributed by atoms with Crippen LogP contribution in [0.1, 0.15) is 0 Å². The minimum atomic E-state index is 0.695.